The number of rotatable bonds is 2. The van der Waals surface area contributed by atoms with E-state index in [2.05, 4.69) is 33.4 Å². The molecular formula is C14H10FIN2O2. The van der Waals surface area contributed by atoms with Crippen LogP contribution in [0.1, 0.15) is 20.7 Å². The number of hydrogen-bond donors (Lipinski definition) is 2. The molecule has 0 fully saturated rings. The number of amides is 2. The van der Waals surface area contributed by atoms with Crippen molar-refractivity contribution in [3.05, 3.63) is 69.0 Å². The van der Waals surface area contributed by atoms with Gasteiger partial charge in [0.15, 0.2) is 0 Å². The van der Waals surface area contributed by atoms with Crippen molar-refractivity contribution in [2.75, 3.05) is 0 Å². The van der Waals surface area contributed by atoms with Gasteiger partial charge < -0.3 is 0 Å². The number of halogens is 2. The molecule has 6 heteroatoms. The summed E-state index contributed by atoms with van der Waals surface area (Å²) in [4.78, 5) is 23.4. The second kappa shape index (κ2) is 6.47. The summed E-state index contributed by atoms with van der Waals surface area (Å²) in [6.45, 7) is 0. The van der Waals surface area contributed by atoms with Crippen LogP contribution in [0.25, 0.3) is 0 Å². The van der Waals surface area contributed by atoms with E-state index in [4.69, 9.17) is 0 Å². The topological polar surface area (TPSA) is 58.2 Å². The minimum atomic E-state index is -0.707. The highest BCUT2D eigenvalue weighted by atomic mass is 127. The second-order valence-electron chi connectivity index (χ2n) is 3.89. The fourth-order valence-corrected chi connectivity index (χ4v) is 1.86. The Kier molecular flexibility index (Phi) is 4.67. The van der Waals surface area contributed by atoms with E-state index in [-0.39, 0.29) is 5.56 Å². The maximum absolute atomic E-state index is 13.4. The highest BCUT2D eigenvalue weighted by molar-refractivity contribution is 14.1. The molecule has 2 aromatic rings. The predicted octanol–water partition coefficient (Wildman–Crippen LogP) is 2.51. The van der Waals surface area contributed by atoms with E-state index < -0.39 is 17.6 Å². The number of carbonyl (C=O) groups excluding carboxylic acids is 2. The van der Waals surface area contributed by atoms with Gasteiger partial charge in [0.05, 0.1) is 5.56 Å². The SMILES string of the molecule is O=C(NNC(=O)c1ccccc1F)c1ccc(I)cc1. The van der Waals surface area contributed by atoms with Gasteiger partial charge in [-0.2, -0.15) is 0 Å². The molecule has 0 spiro atoms. The van der Waals surface area contributed by atoms with Crippen molar-refractivity contribution < 1.29 is 14.0 Å². The molecule has 20 heavy (non-hydrogen) atoms. The van der Waals surface area contributed by atoms with Crippen LogP contribution in [0.2, 0.25) is 0 Å². The van der Waals surface area contributed by atoms with E-state index in [0.717, 1.165) is 3.57 Å². The highest BCUT2D eigenvalue weighted by Gasteiger charge is 2.12. The third-order valence-electron chi connectivity index (χ3n) is 2.51. The summed E-state index contributed by atoms with van der Waals surface area (Å²) in [5.74, 6) is -1.82. The van der Waals surface area contributed by atoms with E-state index in [1.165, 1.54) is 18.2 Å². The molecule has 2 aromatic carbocycles. The molecule has 0 saturated heterocycles. The monoisotopic (exact) mass is 384 g/mol. The van der Waals surface area contributed by atoms with Crippen LogP contribution in [-0.2, 0) is 0 Å². The molecule has 0 radical (unpaired) electrons. The summed E-state index contributed by atoms with van der Waals surface area (Å²) in [5, 5.41) is 0. The first kappa shape index (κ1) is 14.4. The lowest BCUT2D eigenvalue weighted by Crippen LogP contribution is -2.41. The van der Waals surface area contributed by atoms with Crippen LogP contribution in [0, 0.1) is 9.39 Å². The summed E-state index contributed by atoms with van der Waals surface area (Å²) in [7, 11) is 0. The molecule has 2 N–H and O–H groups in total. The van der Waals surface area contributed by atoms with E-state index in [0.29, 0.717) is 5.56 Å². The summed E-state index contributed by atoms with van der Waals surface area (Å²) in [6, 6.07) is 12.3. The van der Waals surface area contributed by atoms with Gasteiger partial charge in [-0.25, -0.2) is 4.39 Å². The molecule has 0 aromatic heterocycles. The van der Waals surface area contributed by atoms with Crippen molar-refractivity contribution in [1.82, 2.24) is 10.9 Å². The first-order valence-corrected chi connectivity index (χ1v) is 6.76. The van der Waals surface area contributed by atoms with Gasteiger partial charge in [0.1, 0.15) is 5.82 Å². The highest BCUT2D eigenvalue weighted by Crippen LogP contribution is 2.07. The third kappa shape index (κ3) is 3.53. The zero-order chi connectivity index (χ0) is 14.5. The molecule has 0 bridgehead atoms. The number of hydrogen-bond acceptors (Lipinski definition) is 2. The van der Waals surface area contributed by atoms with Gasteiger partial charge in [-0.1, -0.05) is 12.1 Å². The molecule has 0 saturated carbocycles. The van der Waals surface area contributed by atoms with Crippen LogP contribution in [0.5, 0.6) is 0 Å². The number of nitrogens with one attached hydrogen (secondary N) is 2. The molecule has 2 rings (SSSR count). The second-order valence-corrected chi connectivity index (χ2v) is 5.14. The Morgan fingerprint density at radius 3 is 2.15 bits per heavy atom. The number of hydrazine groups is 1. The first-order chi connectivity index (χ1) is 9.58. The number of carbonyl (C=O) groups is 2. The van der Waals surface area contributed by atoms with Gasteiger partial charge in [0.25, 0.3) is 11.8 Å². The minimum Gasteiger partial charge on any atom is -0.267 e. The summed E-state index contributed by atoms with van der Waals surface area (Å²) in [6.07, 6.45) is 0. The lowest BCUT2D eigenvalue weighted by atomic mass is 10.2. The molecule has 102 valence electrons. The van der Waals surface area contributed by atoms with Crippen LogP contribution >= 0.6 is 22.6 Å². The molecule has 0 aliphatic rings. The molecule has 0 heterocycles. The van der Waals surface area contributed by atoms with Crippen LogP contribution in [0.15, 0.2) is 48.5 Å². The Bertz CT molecular complexity index is 644. The smallest absolute Gasteiger partial charge is 0.267 e. The van der Waals surface area contributed by atoms with E-state index in [1.54, 1.807) is 30.3 Å². The molecule has 0 atom stereocenters. The van der Waals surface area contributed by atoms with Gasteiger partial charge in [-0.3, -0.25) is 20.4 Å². The standard InChI is InChI=1S/C14H10FIN2O2/c15-12-4-2-1-3-11(12)14(20)18-17-13(19)9-5-7-10(16)8-6-9/h1-8H,(H,17,19)(H,18,20). The maximum Gasteiger partial charge on any atom is 0.272 e. The first-order valence-electron chi connectivity index (χ1n) is 5.68. The lowest BCUT2D eigenvalue weighted by molar-refractivity contribution is 0.0844. The van der Waals surface area contributed by atoms with Crippen molar-refractivity contribution in [3.63, 3.8) is 0 Å². The fraction of sp³-hybridized carbons (Fsp3) is 0. The quantitative estimate of drug-likeness (QED) is 0.618. The summed E-state index contributed by atoms with van der Waals surface area (Å²) >= 11 is 2.12. The molecule has 0 unspecified atom stereocenters. The fourth-order valence-electron chi connectivity index (χ4n) is 1.50. The van der Waals surface area contributed by atoms with Crippen LogP contribution < -0.4 is 10.9 Å². The molecular weight excluding hydrogens is 374 g/mol. The van der Waals surface area contributed by atoms with Gasteiger partial charge >= 0.3 is 0 Å². The largest absolute Gasteiger partial charge is 0.272 e. The van der Waals surface area contributed by atoms with Crippen molar-refractivity contribution in [2.24, 2.45) is 0 Å². The normalized spacial score (nSPS) is 9.90. The summed E-state index contributed by atoms with van der Waals surface area (Å²) in [5.41, 5.74) is 4.68. The molecule has 4 nitrogen and oxygen atoms in total. The zero-order valence-electron chi connectivity index (χ0n) is 10.2. The Labute approximate surface area is 128 Å². The van der Waals surface area contributed by atoms with Crippen molar-refractivity contribution in [3.8, 4) is 0 Å². The van der Waals surface area contributed by atoms with Gasteiger partial charge in [0, 0.05) is 9.13 Å². The van der Waals surface area contributed by atoms with E-state index in [9.17, 15) is 14.0 Å². The molecule has 0 aliphatic heterocycles. The van der Waals surface area contributed by atoms with Crippen LogP contribution in [-0.4, -0.2) is 11.8 Å². The van der Waals surface area contributed by atoms with E-state index >= 15 is 0 Å². The number of benzene rings is 2. The molecule has 2 amide bonds. The van der Waals surface area contributed by atoms with Crippen LogP contribution in [0.3, 0.4) is 0 Å². The van der Waals surface area contributed by atoms with Crippen LogP contribution in [0.4, 0.5) is 4.39 Å². The van der Waals surface area contributed by atoms with Crippen molar-refractivity contribution >= 4 is 34.4 Å². The third-order valence-corrected chi connectivity index (χ3v) is 3.23. The average Bonchev–Trinajstić information content (AvgIpc) is 2.45. The van der Waals surface area contributed by atoms with Gasteiger partial charge in [0.2, 0.25) is 0 Å². The van der Waals surface area contributed by atoms with Gasteiger partial charge in [-0.05, 0) is 59.0 Å². The van der Waals surface area contributed by atoms with Crippen molar-refractivity contribution in [2.45, 2.75) is 0 Å². The summed E-state index contributed by atoms with van der Waals surface area (Å²) < 4.78 is 14.4. The van der Waals surface area contributed by atoms with Gasteiger partial charge in [-0.15, -0.1) is 0 Å². The molecule has 0 aliphatic carbocycles. The lowest BCUT2D eigenvalue weighted by Gasteiger charge is -2.08. The average molecular weight is 384 g/mol. The Hall–Kier alpha value is -1.96. The predicted molar refractivity (Wildman–Crippen MR) is 80.5 cm³/mol. The Morgan fingerprint density at radius 1 is 0.900 bits per heavy atom. The Balaban J connectivity index is 1.99. The minimum absolute atomic E-state index is 0.129. The van der Waals surface area contributed by atoms with Crippen molar-refractivity contribution in [1.29, 1.82) is 0 Å². The van der Waals surface area contributed by atoms with E-state index in [1.807, 2.05) is 0 Å². The maximum atomic E-state index is 13.4. The zero-order valence-corrected chi connectivity index (χ0v) is 12.3. The Morgan fingerprint density at radius 2 is 1.50 bits per heavy atom.